The Morgan fingerprint density at radius 2 is 1.82 bits per heavy atom. The zero-order chi connectivity index (χ0) is 15.2. The second-order valence-electron chi connectivity index (χ2n) is 5.37. The molecule has 1 N–H and O–H groups in total. The predicted molar refractivity (Wildman–Crippen MR) is 87.9 cm³/mol. The largest absolute Gasteiger partial charge is 0.366 e. The molecular formula is C16H22N6. The van der Waals surface area contributed by atoms with Crippen molar-refractivity contribution in [3.05, 3.63) is 42.4 Å². The van der Waals surface area contributed by atoms with Crippen molar-refractivity contribution in [3.63, 3.8) is 0 Å². The van der Waals surface area contributed by atoms with Gasteiger partial charge in [-0.25, -0.2) is 4.98 Å². The molecule has 22 heavy (non-hydrogen) atoms. The molecule has 3 heterocycles. The number of rotatable bonds is 5. The summed E-state index contributed by atoms with van der Waals surface area (Å²) in [5.41, 5.74) is 1.19. The first-order chi connectivity index (χ1) is 10.8. The quantitative estimate of drug-likeness (QED) is 0.905. The van der Waals surface area contributed by atoms with E-state index in [1.54, 1.807) is 12.4 Å². The van der Waals surface area contributed by atoms with Crippen molar-refractivity contribution >= 4 is 11.8 Å². The van der Waals surface area contributed by atoms with Gasteiger partial charge in [0.25, 0.3) is 0 Å². The van der Waals surface area contributed by atoms with E-state index >= 15 is 0 Å². The van der Waals surface area contributed by atoms with Crippen molar-refractivity contribution in [2.75, 3.05) is 42.9 Å². The van der Waals surface area contributed by atoms with E-state index in [1.807, 2.05) is 24.4 Å². The zero-order valence-corrected chi connectivity index (χ0v) is 12.9. The van der Waals surface area contributed by atoms with Crippen LogP contribution in [-0.2, 0) is 6.54 Å². The lowest BCUT2D eigenvalue weighted by Crippen LogP contribution is -2.46. The summed E-state index contributed by atoms with van der Waals surface area (Å²) in [7, 11) is 0. The van der Waals surface area contributed by atoms with Gasteiger partial charge in [0, 0.05) is 51.3 Å². The summed E-state index contributed by atoms with van der Waals surface area (Å²) in [6.45, 7) is 8.19. The van der Waals surface area contributed by atoms with Crippen LogP contribution >= 0.6 is 0 Å². The van der Waals surface area contributed by atoms with Crippen LogP contribution in [0.3, 0.4) is 0 Å². The van der Waals surface area contributed by atoms with Crippen LogP contribution in [0.1, 0.15) is 12.5 Å². The second-order valence-corrected chi connectivity index (χ2v) is 5.37. The fourth-order valence-corrected chi connectivity index (χ4v) is 2.56. The lowest BCUT2D eigenvalue weighted by molar-refractivity contribution is 0.270. The van der Waals surface area contributed by atoms with Gasteiger partial charge in [0.2, 0.25) is 5.95 Å². The van der Waals surface area contributed by atoms with E-state index in [1.165, 1.54) is 5.56 Å². The minimum Gasteiger partial charge on any atom is -0.366 e. The number of nitrogens with zero attached hydrogens (tertiary/aromatic N) is 5. The molecule has 1 aliphatic rings. The average Bonchev–Trinajstić information content (AvgIpc) is 2.61. The standard InChI is InChI=1S/C16H22N6/c1-2-21-9-11-22(12-10-21)16-18-8-5-15(20-16)19-13-14-3-6-17-7-4-14/h3-8H,2,9-13H2,1H3,(H,18,19,20). The first kappa shape index (κ1) is 14.7. The number of pyridine rings is 1. The average molecular weight is 298 g/mol. The maximum Gasteiger partial charge on any atom is 0.227 e. The molecule has 1 aliphatic heterocycles. The fourth-order valence-electron chi connectivity index (χ4n) is 2.56. The Bertz CT molecular complexity index is 580. The highest BCUT2D eigenvalue weighted by Gasteiger charge is 2.17. The maximum absolute atomic E-state index is 4.63. The Hall–Kier alpha value is -2.21. The predicted octanol–water partition coefficient (Wildman–Crippen LogP) is 1.63. The number of hydrogen-bond acceptors (Lipinski definition) is 6. The molecule has 0 spiro atoms. The fraction of sp³-hybridized carbons (Fsp3) is 0.438. The molecule has 1 fully saturated rings. The van der Waals surface area contributed by atoms with E-state index in [4.69, 9.17) is 0 Å². The van der Waals surface area contributed by atoms with Gasteiger partial charge < -0.3 is 15.1 Å². The van der Waals surface area contributed by atoms with Crippen LogP contribution in [0, 0.1) is 0 Å². The third-order valence-electron chi connectivity index (χ3n) is 3.97. The van der Waals surface area contributed by atoms with Crippen LogP contribution in [0.15, 0.2) is 36.8 Å². The van der Waals surface area contributed by atoms with Crippen LogP contribution in [0.5, 0.6) is 0 Å². The van der Waals surface area contributed by atoms with E-state index in [-0.39, 0.29) is 0 Å². The molecule has 0 atom stereocenters. The SMILES string of the molecule is CCN1CCN(c2nccc(NCc3ccncc3)n2)CC1. The van der Waals surface area contributed by atoms with E-state index in [9.17, 15) is 0 Å². The Labute approximate surface area is 131 Å². The van der Waals surface area contributed by atoms with Crippen LogP contribution in [0.2, 0.25) is 0 Å². The van der Waals surface area contributed by atoms with Crippen LogP contribution in [-0.4, -0.2) is 52.6 Å². The minimum absolute atomic E-state index is 0.739. The van der Waals surface area contributed by atoms with Gasteiger partial charge in [-0.3, -0.25) is 4.98 Å². The molecule has 2 aromatic heterocycles. The van der Waals surface area contributed by atoms with Crippen molar-refractivity contribution in [3.8, 4) is 0 Å². The summed E-state index contributed by atoms with van der Waals surface area (Å²) in [6, 6.07) is 5.91. The molecular weight excluding hydrogens is 276 g/mol. The number of likely N-dealkylation sites (N-methyl/N-ethyl adjacent to an activating group) is 1. The number of hydrogen-bond donors (Lipinski definition) is 1. The second kappa shape index (κ2) is 7.17. The Morgan fingerprint density at radius 3 is 2.55 bits per heavy atom. The highest BCUT2D eigenvalue weighted by atomic mass is 15.3. The molecule has 6 nitrogen and oxygen atoms in total. The third kappa shape index (κ3) is 3.71. The van der Waals surface area contributed by atoms with Crippen molar-refractivity contribution in [1.29, 1.82) is 0 Å². The molecule has 0 aromatic carbocycles. The molecule has 3 rings (SSSR count). The zero-order valence-electron chi connectivity index (χ0n) is 12.9. The van der Waals surface area contributed by atoms with Gasteiger partial charge >= 0.3 is 0 Å². The van der Waals surface area contributed by atoms with E-state index in [2.05, 4.69) is 37.0 Å². The number of piperazine rings is 1. The van der Waals surface area contributed by atoms with Crippen molar-refractivity contribution < 1.29 is 0 Å². The highest BCUT2D eigenvalue weighted by molar-refractivity contribution is 5.42. The topological polar surface area (TPSA) is 57.2 Å². The molecule has 0 amide bonds. The number of nitrogens with one attached hydrogen (secondary N) is 1. The summed E-state index contributed by atoms with van der Waals surface area (Å²) >= 11 is 0. The van der Waals surface area contributed by atoms with Gasteiger partial charge in [-0.2, -0.15) is 4.98 Å². The summed E-state index contributed by atoms with van der Waals surface area (Å²) in [5.74, 6) is 1.68. The molecule has 6 heteroatoms. The molecule has 0 bridgehead atoms. The smallest absolute Gasteiger partial charge is 0.227 e. The van der Waals surface area contributed by atoms with Crippen LogP contribution < -0.4 is 10.2 Å². The molecule has 1 saturated heterocycles. The maximum atomic E-state index is 4.63. The van der Waals surface area contributed by atoms with Crippen LogP contribution in [0.25, 0.3) is 0 Å². The van der Waals surface area contributed by atoms with Gasteiger partial charge in [-0.15, -0.1) is 0 Å². The summed E-state index contributed by atoms with van der Waals surface area (Å²) < 4.78 is 0. The summed E-state index contributed by atoms with van der Waals surface area (Å²) in [5, 5.41) is 3.34. The van der Waals surface area contributed by atoms with Crippen molar-refractivity contribution in [2.45, 2.75) is 13.5 Å². The van der Waals surface area contributed by atoms with E-state index in [0.29, 0.717) is 0 Å². The van der Waals surface area contributed by atoms with Gasteiger partial charge in [-0.1, -0.05) is 6.92 Å². The van der Waals surface area contributed by atoms with Crippen LogP contribution in [0.4, 0.5) is 11.8 Å². The lowest BCUT2D eigenvalue weighted by atomic mass is 10.3. The monoisotopic (exact) mass is 298 g/mol. The van der Waals surface area contributed by atoms with Gasteiger partial charge in [-0.05, 0) is 30.3 Å². The van der Waals surface area contributed by atoms with Gasteiger partial charge in [0.1, 0.15) is 5.82 Å². The lowest BCUT2D eigenvalue weighted by Gasteiger charge is -2.34. The first-order valence-corrected chi connectivity index (χ1v) is 7.78. The molecule has 2 aromatic rings. The Kier molecular flexibility index (Phi) is 4.80. The molecule has 0 radical (unpaired) electrons. The van der Waals surface area contributed by atoms with Crippen molar-refractivity contribution in [2.24, 2.45) is 0 Å². The summed E-state index contributed by atoms with van der Waals surface area (Å²) in [4.78, 5) is 17.8. The van der Waals surface area contributed by atoms with Gasteiger partial charge in [0.05, 0.1) is 0 Å². The molecule has 116 valence electrons. The Morgan fingerprint density at radius 1 is 1.05 bits per heavy atom. The molecule has 0 aliphatic carbocycles. The molecule has 0 saturated carbocycles. The highest BCUT2D eigenvalue weighted by Crippen LogP contribution is 2.14. The normalized spacial score (nSPS) is 15.8. The first-order valence-electron chi connectivity index (χ1n) is 7.78. The van der Waals surface area contributed by atoms with E-state index < -0.39 is 0 Å². The van der Waals surface area contributed by atoms with Gasteiger partial charge in [0.15, 0.2) is 0 Å². The number of anilines is 2. The Balaban J connectivity index is 1.60. The molecule has 0 unspecified atom stereocenters. The minimum atomic E-state index is 0.739. The number of aromatic nitrogens is 3. The van der Waals surface area contributed by atoms with Crippen molar-refractivity contribution in [1.82, 2.24) is 19.9 Å². The van der Waals surface area contributed by atoms with E-state index in [0.717, 1.165) is 51.0 Å². The third-order valence-corrected chi connectivity index (χ3v) is 3.97. The summed E-state index contributed by atoms with van der Waals surface area (Å²) in [6.07, 6.45) is 5.43.